The first-order valence-corrected chi connectivity index (χ1v) is 7.16. The van der Waals surface area contributed by atoms with Crippen LogP contribution in [0.15, 0.2) is 48.5 Å². The first-order valence-electron chi connectivity index (χ1n) is 5.76. The average Bonchev–Trinajstić information content (AvgIpc) is 2.43. The molecule has 0 saturated heterocycles. The minimum atomic E-state index is -4.67. The van der Waals surface area contributed by atoms with Gasteiger partial charge in [0, 0.05) is 22.3 Å². The van der Waals surface area contributed by atoms with Crippen LogP contribution in [0.4, 0.5) is 0 Å². The van der Waals surface area contributed by atoms with E-state index in [1.54, 1.807) is 48.5 Å². The van der Waals surface area contributed by atoms with Crippen molar-refractivity contribution >= 4 is 51.5 Å². The predicted molar refractivity (Wildman–Crippen MR) is 81.1 cm³/mol. The molecule has 0 aliphatic heterocycles. The SMILES string of the molecule is O=C1c2ccccc2C(=O)c2ccccc21.O=S(=O)(O)O.[NaH]. The summed E-state index contributed by atoms with van der Waals surface area (Å²) in [7, 11) is -4.67. The van der Waals surface area contributed by atoms with Gasteiger partial charge in [0.25, 0.3) is 0 Å². The summed E-state index contributed by atoms with van der Waals surface area (Å²) in [5, 5.41) is 0. The fraction of sp³-hybridized carbons (Fsp3) is 0. The van der Waals surface area contributed by atoms with Gasteiger partial charge in [0.05, 0.1) is 0 Å². The Hall–Kier alpha value is -1.35. The maximum atomic E-state index is 12.1. The first-order chi connectivity index (χ1) is 9.79. The molecule has 0 bridgehead atoms. The quantitative estimate of drug-likeness (QED) is 0.473. The average molecular weight is 330 g/mol. The molecular formula is C14H11NaO6S. The second-order valence-corrected chi connectivity index (χ2v) is 5.09. The van der Waals surface area contributed by atoms with Crippen molar-refractivity contribution in [3.05, 3.63) is 70.8 Å². The molecule has 2 aromatic carbocycles. The summed E-state index contributed by atoms with van der Waals surface area (Å²) in [5.41, 5.74) is 2.02. The van der Waals surface area contributed by atoms with Crippen LogP contribution in [0.5, 0.6) is 0 Å². The van der Waals surface area contributed by atoms with Crippen molar-refractivity contribution in [1.29, 1.82) is 0 Å². The summed E-state index contributed by atoms with van der Waals surface area (Å²) in [5.74, 6) is -0.128. The van der Waals surface area contributed by atoms with Gasteiger partial charge >= 0.3 is 40.0 Å². The first kappa shape index (κ1) is 18.7. The Balaban J connectivity index is 0.000000356. The predicted octanol–water partition coefficient (Wildman–Crippen LogP) is 1.16. The standard InChI is InChI=1S/C14H8O2.Na.H2O4S.H/c15-13-9-5-1-2-6-10(9)14(16)12-8-4-3-7-11(12)13;;1-5(2,3)4;/h1-8H;;(H2,1,2,3,4);. The minimum absolute atomic E-state index is 0. The third kappa shape index (κ3) is 4.33. The second-order valence-electron chi connectivity index (χ2n) is 4.20. The van der Waals surface area contributed by atoms with E-state index in [9.17, 15) is 9.59 Å². The van der Waals surface area contributed by atoms with E-state index in [0.29, 0.717) is 22.3 Å². The van der Waals surface area contributed by atoms with Crippen LogP contribution in [-0.4, -0.2) is 58.6 Å². The normalized spacial score (nSPS) is 12.3. The molecule has 22 heavy (non-hydrogen) atoms. The Morgan fingerprint density at radius 2 is 0.818 bits per heavy atom. The Morgan fingerprint density at radius 3 is 1.00 bits per heavy atom. The Kier molecular flexibility index (Phi) is 6.18. The molecule has 0 heterocycles. The molecule has 6 nitrogen and oxygen atoms in total. The molecule has 2 N–H and O–H groups in total. The van der Waals surface area contributed by atoms with Gasteiger partial charge in [0.2, 0.25) is 0 Å². The van der Waals surface area contributed by atoms with Gasteiger partial charge in [-0.15, -0.1) is 0 Å². The van der Waals surface area contributed by atoms with Gasteiger partial charge in [-0.05, 0) is 0 Å². The van der Waals surface area contributed by atoms with E-state index >= 15 is 0 Å². The van der Waals surface area contributed by atoms with Crippen LogP contribution in [0.25, 0.3) is 0 Å². The van der Waals surface area contributed by atoms with E-state index < -0.39 is 10.4 Å². The molecule has 1 aliphatic carbocycles. The molecule has 0 radical (unpaired) electrons. The van der Waals surface area contributed by atoms with E-state index in [1.807, 2.05) is 0 Å². The second kappa shape index (κ2) is 7.28. The van der Waals surface area contributed by atoms with E-state index in [4.69, 9.17) is 17.5 Å². The molecule has 1 aliphatic rings. The van der Waals surface area contributed by atoms with Gasteiger partial charge in [-0.1, -0.05) is 48.5 Å². The number of rotatable bonds is 0. The van der Waals surface area contributed by atoms with Gasteiger partial charge < -0.3 is 0 Å². The maximum absolute atomic E-state index is 12.1. The van der Waals surface area contributed by atoms with Crippen molar-refractivity contribution < 1.29 is 27.1 Å². The molecule has 0 saturated carbocycles. The van der Waals surface area contributed by atoms with Crippen molar-refractivity contribution in [3.8, 4) is 0 Å². The van der Waals surface area contributed by atoms with E-state index in [-0.39, 0.29) is 41.1 Å². The molecule has 0 aromatic heterocycles. The van der Waals surface area contributed by atoms with E-state index in [0.717, 1.165) is 0 Å². The summed E-state index contributed by atoms with van der Waals surface area (Å²) in [4.78, 5) is 24.2. The Morgan fingerprint density at radius 1 is 0.636 bits per heavy atom. The summed E-state index contributed by atoms with van der Waals surface area (Å²) in [6, 6.07) is 13.9. The number of hydrogen-bond acceptors (Lipinski definition) is 4. The van der Waals surface area contributed by atoms with Crippen LogP contribution < -0.4 is 0 Å². The van der Waals surface area contributed by atoms with Gasteiger partial charge in [-0.25, -0.2) is 0 Å². The van der Waals surface area contributed by atoms with E-state index in [1.165, 1.54) is 0 Å². The fourth-order valence-corrected chi connectivity index (χ4v) is 2.05. The molecule has 3 rings (SSSR count). The van der Waals surface area contributed by atoms with Gasteiger partial charge in [0.1, 0.15) is 0 Å². The van der Waals surface area contributed by atoms with Crippen molar-refractivity contribution in [2.45, 2.75) is 0 Å². The summed E-state index contributed by atoms with van der Waals surface area (Å²) < 4.78 is 31.6. The van der Waals surface area contributed by atoms with Crippen molar-refractivity contribution in [1.82, 2.24) is 0 Å². The van der Waals surface area contributed by atoms with Crippen molar-refractivity contribution in [2.24, 2.45) is 0 Å². The van der Waals surface area contributed by atoms with E-state index in [2.05, 4.69) is 0 Å². The summed E-state index contributed by atoms with van der Waals surface area (Å²) in [6.45, 7) is 0. The van der Waals surface area contributed by atoms with Crippen molar-refractivity contribution in [3.63, 3.8) is 0 Å². The zero-order valence-corrected chi connectivity index (χ0v) is 11.4. The molecule has 0 unspecified atom stereocenters. The summed E-state index contributed by atoms with van der Waals surface area (Å²) in [6.07, 6.45) is 0. The molecule has 8 heteroatoms. The van der Waals surface area contributed by atoms with Crippen LogP contribution in [0.3, 0.4) is 0 Å². The molecule has 0 spiro atoms. The number of fused-ring (bicyclic) bond motifs is 2. The van der Waals surface area contributed by atoms with Crippen molar-refractivity contribution in [2.75, 3.05) is 0 Å². The number of hydrogen-bond donors (Lipinski definition) is 2. The number of carbonyl (C=O) groups is 2. The van der Waals surface area contributed by atoms with Gasteiger partial charge in [0.15, 0.2) is 11.6 Å². The molecule has 2 aromatic rings. The molecular weight excluding hydrogens is 319 g/mol. The molecule has 110 valence electrons. The topological polar surface area (TPSA) is 109 Å². The fourth-order valence-electron chi connectivity index (χ4n) is 2.05. The molecule has 0 fully saturated rings. The van der Waals surface area contributed by atoms with Crippen LogP contribution in [-0.2, 0) is 10.4 Å². The zero-order valence-electron chi connectivity index (χ0n) is 10.6. The third-order valence-corrected chi connectivity index (χ3v) is 2.83. The van der Waals surface area contributed by atoms with Crippen LogP contribution in [0.2, 0.25) is 0 Å². The van der Waals surface area contributed by atoms with Crippen LogP contribution in [0, 0.1) is 0 Å². The third-order valence-electron chi connectivity index (χ3n) is 2.83. The zero-order chi connectivity index (χ0) is 15.6. The monoisotopic (exact) mass is 330 g/mol. The Bertz CT molecular complexity index is 715. The Labute approximate surface area is 149 Å². The number of benzene rings is 2. The molecule has 0 amide bonds. The number of ketones is 2. The van der Waals surface area contributed by atoms with Gasteiger partial charge in [-0.3, -0.25) is 18.7 Å². The molecule has 0 atom stereocenters. The van der Waals surface area contributed by atoms with Crippen LogP contribution >= 0.6 is 0 Å². The van der Waals surface area contributed by atoms with Crippen LogP contribution in [0.1, 0.15) is 31.8 Å². The summed E-state index contributed by atoms with van der Waals surface area (Å²) >= 11 is 0. The number of carbonyl (C=O) groups excluding carboxylic acids is 2. The van der Waals surface area contributed by atoms with Gasteiger partial charge in [-0.2, -0.15) is 8.42 Å².